The standard InChI is InChI=1S/C11H21NO2.ClH/c1-9(2)11(13)14-8-6-10-5-3-4-7-12-10;/h9-10,12H,3-8H2,1-2H3;1H. The van der Waals surface area contributed by atoms with Gasteiger partial charge in [-0.25, -0.2) is 0 Å². The topological polar surface area (TPSA) is 38.3 Å². The molecule has 1 saturated heterocycles. The van der Waals surface area contributed by atoms with Crippen molar-refractivity contribution in [2.75, 3.05) is 13.2 Å². The lowest BCUT2D eigenvalue weighted by molar-refractivity contribution is -0.147. The molecule has 0 bridgehead atoms. The van der Waals surface area contributed by atoms with E-state index in [1.165, 1.54) is 19.3 Å². The Morgan fingerprint density at radius 3 is 2.73 bits per heavy atom. The Bertz CT molecular complexity index is 179. The van der Waals surface area contributed by atoms with Gasteiger partial charge in [0.2, 0.25) is 0 Å². The molecule has 1 fully saturated rings. The van der Waals surface area contributed by atoms with Crippen molar-refractivity contribution in [1.29, 1.82) is 0 Å². The van der Waals surface area contributed by atoms with Crippen LogP contribution in [0.2, 0.25) is 0 Å². The van der Waals surface area contributed by atoms with E-state index in [1.54, 1.807) is 0 Å². The first-order chi connectivity index (χ1) is 6.70. The highest BCUT2D eigenvalue weighted by Crippen LogP contribution is 2.10. The van der Waals surface area contributed by atoms with Crippen molar-refractivity contribution < 1.29 is 9.53 Å². The summed E-state index contributed by atoms with van der Waals surface area (Å²) in [5, 5.41) is 3.43. The Kier molecular flexibility index (Phi) is 7.79. The second-order valence-electron chi connectivity index (χ2n) is 4.26. The van der Waals surface area contributed by atoms with Gasteiger partial charge in [-0.2, -0.15) is 0 Å². The zero-order valence-electron chi connectivity index (χ0n) is 9.62. The molecule has 15 heavy (non-hydrogen) atoms. The third-order valence-corrected chi connectivity index (χ3v) is 2.59. The Labute approximate surface area is 98.4 Å². The summed E-state index contributed by atoms with van der Waals surface area (Å²) in [5.74, 6) is -0.0878. The van der Waals surface area contributed by atoms with Gasteiger partial charge in [-0.1, -0.05) is 20.3 Å². The molecule has 1 aliphatic heterocycles. The van der Waals surface area contributed by atoms with E-state index in [0.29, 0.717) is 12.6 Å². The zero-order valence-corrected chi connectivity index (χ0v) is 10.4. The van der Waals surface area contributed by atoms with Gasteiger partial charge >= 0.3 is 5.97 Å². The van der Waals surface area contributed by atoms with Gasteiger partial charge in [0, 0.05) is 6.04 Å². The van der Waals surface area contributed by atoms with Crippen molar-refractivity contribution in [2.24, 2.45) is 5.92 Å². The molecule has 0 amide bonds. The molecule has 0 spiro atoms. The van der Waals surface area contributed by atoms with Gasteiger partial charge in [0.15, 0.2) is 0 Å². The van der Waals surface area contributed by atoms with E-state index in [2.05, 4.69) is 5.32 Å². The smallest absolute Gasteiger partial charge is 0.308 e. The van der Waals surface area contributed by atoms with Crippen molar-refractivity contribution in [2.45, 2.75) is 45.6 Å². The Hall–Kier alpha value is -0.280. The SMILES string of the molecule is CC(C)C(=O)OCCC1CCCCN1.Cl. The van der Waals surface area contributed by atoms with Crippen LogP contribution in [0.5, 0.6) is 0 Å². The van der Waals surface area contributed by atoms with Crippen LogP contribution in [0.1, 0.15) is 39.5 Å². The maximum Gasteiger partial charge on any atom is 0.308 e. The third kappa shape index (κ3) is 6.00. The summed E-state index contributed by atoms with van der Waals surface area (Å²) in [6, 6.07) is 0.559. The van der Waals surface area contributed by atoms with E-state index in [4.69, 9.17) is 4.74 Å². The number of carbonyl (C=O) groups excluding carboxylic acids is 1. The number of ether oxygens (including phenoxy) is 1. The molecule has 1 unspecified atom stereocenters. The van der Waals surface area contributed by atoms with Crippen molar-refractivity contribution in [3.63, 3.8) is 0 Å². The molecule has 0 aromatic rings. The van der Waals surface area contributed by atoms with Gasteiger partial charge in [-0.3, -0.25) is 4.79 Å². The molecule has 0 radical (unpaired) electrons. The van der Waals surface area contributed by atoms with Crippen LogP contribution in [0.4, 0.5) is 0 Å². The first-order valence-corrected chi connectivity index (χ1v) is 5.60. The molecule has 3 nitrogen and oxygen atoms in total. The van der Waals surface area contributed by atoms with Crippen molar-refractivity contribution in [3.8, 4) is 0 Å². The van der Waals surface area contributed by atoms with Crippen LogP contribution in [0.15, 0.2) is 0 Å². The molecule has 0 aliphatic carbocycles. The van der Waals surface area contributed by atoms with Gasteiger partial charge < -0.3 is 10.1 Å². The van der Waals surface area contributed by atoms with Gasteiger partial charge in [0.05, 0.1) is 12.5 Å². The van der Waals surface area contributed by atoms with Crippen LogP contribution in [-0.2, 0) is 9.53 Å². The highest BCUT2D eigenvalue weighted by molar-refractivity contribution is 5.85. The lowest BCUT2D eigenvalue weighted by atomic mass is 10.0. The van der Waals surface area contributed by atoms with Crippen LogP contribution in [0.3, 0.4) is 0 Å². The van der Waals surface area contributed by atoms with Gasteiger partial charge in [-0.05, 0) is 25.8 Å². The summed E-state index contributed by atoms with van der Waals surface area (Å²) < 4.78 is 5.13. The molecule has 1 rings (SSSR count). The summed E-state index contributed by atoms with van der Waals surface area (Å²) in [6.45, 7) is 5.40. The van der Waals surface area contributed by atoms with Crippen LogP contribution < -0.4 is 5.32 Å². The van der Waals surface area contributed by atoms with E-state index in [0.717, 1.165) is 13.0 Å². The van der Waals surface area contributed by atoms with E-state index >= 15 is 0 Å². The van der Waals surface area contributed by atoms with Crippen LogP contribution in [-0.4, -0.2) is 25.2 Å². The summed E-state index contributed by atoms with van der Waals surface area (Å²) in [5.41, 5.74) is 0. The van der Waals surface area contributed by atoms with Crippen LogP contribution >= 0.6 is 12.4 Å². The molecular formula is C11H22ClNO2. The molecule has 1 N–H and O–H groups in total. The van der Waals surface area contributed by atoms with Crippen LogP contribution in [0, 0.1) is 5.92 Å². The number of carbonyl (C=O) groups is 1. The fourth-order valence-corrected chi connectivity index (χ4v) is 1.64. The first kappa shape index (κ1) is 14.7. The van der Waals surface area contributed by atoms with E-state index in [1.807, 2.05) is 13.8 Å². The summed E-state index contributed by atoms with van der Waals surface area (Å²) >= 11 is 0. The number of rotatable bonds is 4. The minimum atomic E-state index is -0.0826. The number of piperidine rings is 1. The molecule has 0 aromatic heterocycles. The van der Waals surface area contributed by atoms with Crippen molar-refractivity contribution in [3.05, 3.63) is 0 Å². The third-order valence-electron chi connectivity index (χ3n) is 2.59. The molecule has 1 atom stereocenters. The second kappa shape index (κ2) is 7.94. The molecule has 1 aliphatic rings. The Morgan fingerprint density at radius 1 is 1.47 bits per heavy atom. The average molecular weight is 236 g/mol. The maximum atomic E-state index is 11.1. The number of nitrogens with one attached hydrogen (secondary N) is 1. The number of hydrogen-bond donors (Lipinski definition) is 1. The largest absolute Gasteiger partial charge is 0.465 e. The zero-order chi connectivity index (χ0) is 10.4. The summed E-state index contributed by atoms with van der Waals surface area (Å²) in [7, 11) is 0. The molecule has 1 heterocycles. The quantitative estimate of drug-likeness (QED) is 0.759. The Morgan fingerprint density at radius 2 is 2.20 bits per heavy atom. The molecule has 4 heteroatoms. The van der Waals surface area contributed by atoms with Crippen molar-refractivity contribution >= 4 is 18.4 Å². The van der Waals surface area contributed by atoms with Crippen LogP contribution in [0.25, 0.3) is 0 Å². The fourth-order valence-electron chi connectivity index (χ4n) is 1.64. The Balaban J connectivity index is 0.00000196. The number of hydrogen-bond acceptors (Lipinski definition) is 3. The predicted octanol–water partition coefficient (Wildman–Crippen LogP) is 2.14. The van der Waals surface area contributed by atoms with Crippen molar-refractivity contribution in [1.82, 2.24) is 5.32 Å². The summed E-state index contributed by atoms with van der Waals surface area (Å²) in [4.78, 5) is 11.1. The highest BCUT2D eigenvalue weighted by atomic mass is 35.5. The fraction of sp³-hybridized carbons (Fsp3) is 0.909. The number of esters is 1. The average Bonchev–Trinajstić information content (AvgIpc) is 2.19. The molecule has 90 valence electrons. The second-order valence-corrected chi connectivity index (χ2v) is 4.26. The van der Waals surface area contributed by atoms with Gasteiger partial charge in [0.25, 0.3) is 0 Å². The molecule has 0 aromatic carbocycles. The lowest BCUT2D eigenvalue weighted by Gasteiger charge is -2.23. The monoisotopic (exact) mass is 235 g/mol. The normalized spacial score (nSPS) is 20.9. The van der Waals surface area contributed by atoms with E-state index in [9.17, 15) is 4.79 Å². The summed E-state index contributed by atoms with van der Waals surface area (Å²) in [6.07, 6.45) is 4.76. The van der Waals surface area contributed by atoms with E-state index in [-0.39, 0.29) is 24.3 Å². The number of halogens is 1. The molecular weight excluding hydrogens is 214 g/mol. The minimum absolute atomic E-state index is 0. The highest BCUT2D eigenvalue weighted by Gasteiger charge is 2.13. The predicted molar refractivity (Wildman–Crippen MR) is 63.3 cm³/mol. The van der Waals surface area contributed by atoms with Gasteiger partial charge in [-0.15, -0.1) is 12.4 Å². The van der Waals surface area contributed by atoms with E-state index < -0.39 is 0 Å². The first-order valence-electron chi connectivity index (χ1n) is 5.60. The lowest BCUT2D eigenvalue weighted by Crippen LogP contribution is -2.35. The van der Waals surface area contributed by atoms with Gasteiger partial charge in [0.1, 0.15) is 0 Å². The minimum Gasteiger partial charge on any atom is -0.465 e. The molecule has 0 saturated carbocycles. The maximum absolute atomic E-state index is 11.1.